The molecule has 1 unspecified atom stereocenters. The molecule has 0 aliphatic rings. The van der Waals surface area contributed by atoms with Crippen molar-refractivity contribution in [1.82, 2.24) is 15.1 Å². The van der Waals surface area contributed by atoms with E-state index in [0.717, 1.165) is 6.07 Å². The standard InChI is InChI=1S/C23H25FN4O5/c1-14(13-31-4)32-17-9-16(22(29)26-21-7-8-25-27-21)10-18(12-17)33-20-6-5-15(11-19(20)24)23(30)28(2)3/h5-12,14H,13H2,1-4H3,(H2,25,26,27,29). The van der Waals surface area contributed by atoms with Gasteiger partial charge in [-0.15, -0.1) is 0 Å². The zero-order chi connectivity index (χ0) is 24.0. The Morgan fingerprint density at radius 3 is 2.52 bits per heavy atom. The lowest BCUT2D eigenvalue weighted by Crippen LogP contribution is -2.21. The zero-order valence-electron chi connectivity index (χ0n) is 18.7. The number of aromatic nitrogens is 2. The van der Waals surface area contributed by atoms with Gasteiger partial charge >= 0.3 is 0 Å². The van der Waals surface area contributed by atoms with Crippen molar-refractivity contribution in [1.29, 1.82) is 0 Å². The first kappa shape index (κ1) is 23.7. The average molecular weight is 456 g/mol. The summed E-state index contributed by atoms with van der Waals surface area (Å²) in [6.45, 7) is 2.14. The first-order chi connectivity index (χ1) is 15.8. The fourth-order valence-corrected chi connectivity index (χ4v) is 2.95. The maximum Gasteiger partial charge on any atom is 0.257 e. The van der Waals surface area contributed by atoms with Crippen LogP contribution in [0.5, 0.6) is 17.2 Å². The third-order valence-corrected chi connectivity index (χ3v) is 4.44. The molecule has 33 heavy (non-hydrogen) atoms. The second kappa shape index (κ2) is 10.6. The van der Waals surface area contributed by atoms with E-state index in [1.165, 1.54) is 35.4 Å². The van der Waals surface area contributed by atoms with Crippen LogP contribution in [-0.4, -0.2) is 60.8 Å². The minimum absolute atomic E-state index is 0.104. The van der Waals surface area contributed by atoms with E-state index >= 15 is 0 Å². The number of nitrogens with one attached hydrogen (secondary N) is 2. The number of hydrogen-bond donors (Lipinski definition) is 2. The molecule has 0 bridgehead atoms. The predicted molar refractivity (Wildman–Crippen MR) is 119 cm³/mol. The topological polar surface area (TPSA) is 106 Å². The molecule has 0 fully saturated rings. The van der Waals surface area contributed by atoms with Crippen molar-refractivity contribution in [3.63, 3.8) is 0 Å². The van der Waals surface area contributed by atoms with Gasteiger partial charge in [0.25, 0.3) is 11.8 Å². The number of carbonyl (C=O) groups is 2. The van der Waals surface area contributed by atoms with Crippen molar-refractivity contribution < 1.29 is 28.2 Å². The van der Waals surface area contributed by atoms with Crippen molar-refractivity contribution in [2.24, 2.45) is 0 Å². The smallest absolute Gasteiger partial charge is 0.257 e. The number of H-pyrrole nitrogens is 1. The molecule has 9 nitrogen and oxygen atoms in total. The molecule has 0 aliphatic carbocycles. The molecule has 2 aromatic carbocycles. The molecule has 0 saturated carbocycles. The van der Waals surface area contributed by atoms with Crippen LogP contribution in [0, 0.1) is 5.82 Å². The van der Waals surface area contributed by atoms with Crippen molar-refractivity contribution in [2.75, 3.05) is 33.1 Å². The summed E-state index contributed by atoms with van der Waals surface area (Å²) in [4.78, 5) is 26.1. The molecule has 1 atom stereocenters. The summed E-state index contributed by atoms with van der Waals surface area (Å²) in [5, 5.41) is 9.10. The number of hydrogen-bond acceptors (Lipinski definition) is 6. The summed E-state index contributed by atoms with van der Waals surface area (Å²) in [7, 11) is 4.71. The Bertz CT molecular complexity index is 1120. The van der Waals surface area contributed by atoms with E-state index in [-0.39, 0.29) is 34.6 Å². The molecule has 174 valence electrons. The molecule has 0 saturated heterocycles. The first-order valence-electron chi connectivity index (χ1n) is 10.1. The summed E-state index contributed by atoms with van der Waals surface area (Å²) >= 11 is 0. The Morgan fingerprint density at radius 2 is 1.88 bits per heavy atom. The molecule has 1 aromatic heterocycles. The molecule has 2 N–H and O–H groups in total. The van der Waals surface area contributed by atoms with Gasteiger partial charge in [-0.1, -0.05) is 0 Å². The number of anilines is 1. The maximum absolute atomic E-state index is 14.6. The number of methoxy groups -OCH3 is 1. The van der Waals surface area contributed by atoms with Crippen LogP contribution >= 0.6 is 0 Å². The van der Waals surface area contributed by atoms with Crippen molar-refractivity contribution in [2.45, 2.75) is 13.0 Å². The number of halogens is 1. The Balaban J connectivity index is 1.89. The predicted octanol–water partition coefficient (Wildman–Crippen LogP) is 3.71. The van der Waals surface area contributed by atoms with Gasteiger partial charge in [-0.3, -0.25) is 14.7 Å². The summed E-state index contributed by atoms with van der Waals surface area (Å²) in [6.07, 6.45) is 1.20. The maximum atomic E-state index is 14.6. The quantitative estimate of drug-likeness (QED) is 0.509. The van der Waals surface area contributed by atoms with Crippen LogP contribution in [0.25, 0.3) is 0 Å². The summed E-state index contributed by atoms with van der Waals surface area (Å²) in [5.74, 6) is -0.669. The van der Waals surface area contributed by atoms with Crippen LogP contribution in [0.4, 0.5) is 10.2 Å². The number of nitrogens with zero attached hydrogens (tertiary/aromatic N) is 2. The normalized spacial score (nSPS) is 11.5. The van der Waals surface area contributed by atoms with Crippen LogP contribution in [0.2, 0.25) is 0 Å². The summed E-state index contributed by atoms with van der Waals surface area (Å²) in [5.41, 5.74) is 0.413. The van der Waals surface area contributed by atoms with E-state index in [9.17, 15) is 14.0 Å². The van der Waals surface area contributed by atoms with Crippen LogP contribution in [0.3, 0.4) is 0 Å². The van der Waals surface area contributed by atoms with Gasteiger partial charge in [0.1, 0.15) is 23.4 Å². The highest BCUT2D eigenvalue weighted by Crippen LogP contribution is 2.30. The molecule has 3 rings (SSSR count). The van der Waals surface area contributed by atoms with Crippen LogP contribution < -0.4 is 14.8 Å². The van der Waals surface area contributed by atoms with Gasteiger partial charge in [-0.2, -0.15) is 5.10 Å². The molecule has 0 radical (unpaired) electrons. The lowest BCUT2D eigenvalue weighted by Gasteiger charge is -2.16. The number of aromatic amines is 1. The minimum Gasteiger partial charge on any atom is -0.488 e. The van der Waals surface area contributed by atoms with Gasteiger partial charge in [-0.05, 0) is 37.3 Å². The summed E-state index contributed by atoms with van der Waals surface area (Å²) < 4.78 is 31.3. The van der Waals surface area contributed by atoms with Gasteiger partial charge in [0.15, 0.2) is 11.6 Å². The molecular formula is C23H25FN4O5. The van der Waals surface area contributed by atoms with Crippen molar-refractivity contribution >= 4 is 17.6 Å². The summed E-state index contributed by atoms with van der Waals surface area (Å²) in [6, 6.07) is 10.1. The third kappa shape index (κ3) is 6.30. The number of benzene rings is 2. The fourth-order valence-electron chi connectivity index (χ4n) is 2.95. The first-order valence-corrected chi connectivity index (χ1v) is 10.1. The molecule has 2 amide bonds. The minimum atomic E-state index is -0.717. The van der Waals surface area contributed by atoms with Crippen LogP contribution in [0.15, 0.2) is 48.7 Å². The van der Waals surface area contributed by atoms with Crippen molar-refractivity contribution in [3.8, 4) is 17.2 Å². The molecule has 0 spiro atoms. The highest BCUT2D eigenvalue weighted by atomic mass is 19.1. The molecule has 1 heterocycles. The monoisotopic (exact) mass is 456 g/mol. The van der Waals surface area contributed by atoms with E-state index < -0.39 is 11.7 Å². The molecule has 10 heteroatoms. The molecule has 3 aromatic rings. The number of rotatable bonds is 9. The van der Waals surface area contributed by atoms with E-state index in [2.05, 4.69) is 15.5 Å². The number of carbonyl (C=O) groups excluding carboxylic acids is 2. The number of ether oxygens (including phenoxy) is 3. The van der Waals surface area contributed by atoms with E-state index in [0.29, 0.717) is 18.2 Å². The third-order valence-electron chi connectivity index (χ3n) is 4.44. The van der Waals surface area contributed by atoms with Gasteiger partial charge < -0.3 is 24.4 Å². The lowest BCUT2D eigenvalue weighted by atomic mass is 10.1. The number of amides is 2. The van der Waals surface area contributed by atoms with E-state index in [1.54, 1.807) is 33.3 Å². The highest BCUT2D eigenvalue weighted by Gasteiger charge is 2.16. The van der Waals surface area contributed by atoms with Gasteiger partial charge in [-0.25, -0.2) is 4.39 Å². The second-order valence-corrected chi connectivity index (χ2v) is 7.45. The largest absolute Gasteiger partial charge is 0.488 e. The highest BCUT2D eigenvalue weighted by molar-refractivity contribution is 6.04. The Labute approximate surface area is 190 Å². The zero-order valence-corrected chi connectivity index (χ0v) is 18.7. The Morgan fingerprint density at radius 1 is 1.12 bits per heavy atom. The van der Waals surface area contributed by atoms with Gasteiger partial charge in [0, 0.05) is 44.5 Å². The Hall–Kier alpha value is -3.92. The van der Waals surface area contributed by atoms with Crippen LogP contribution in [0.1, 0.15) is 27.6 Å². The molecule has 0 aliphatic heterocycles. The van der Waals surface area contributed by atoms with Crippen LogP contribution in [-0.2, 0) is 4.74 Å². The van der Waals surface area contributed by atoms with Crippen molar-refractivity contribution in [3.05, 3.63) is 65.6 Å². The van der Waals surface area contributed by atoms with Gasteiger partial charge in [0.2, 0.25) is 0 Å². The SMILES string of the molecule is COCC(C)Oc1cc(Oc2ccc(C(=O)N(C)C)cc2F)cc(C(=O)Nc2ccn[nH]2)c1. The van der Waals surface area contributed by atoms with Gasteiger partial charge in [0.05, 0.1) is 12.8 Å². The molecular weight excluding hydrogens is 431 g/mol. The second-order valence-electron chi connectivity index (χ2n) is 7.45. The Kier molecular flexibility index (Phi) is 7.62. The fraction of sp³-hybridized carbons (Fsp3) is 0.261. The average Bonchev–Trinajstić information content (AvgIpc) is 3.27. The van der Waals surface area contributed by atoms with E-state index in [1.807, 2.05) is 6.92 Å². The van der Waals surface area contributed by atoms with E-state index in [4.69, 9.17) is 14.2 Å². The lowest BCUT2D eigenvalue weighted by molar-refractivity contribution is 0.0826.